The zero-order valence-electron chi connectivity index (χ0n) is 8.83. The van der Waals surface area contributed by atoms with E-state index in [1.807, 2.05) is 0 Å². The molecule has 1 aromatic carbocycles. The molecule has 1 aliphatic rings. The highest BCUT2D eigenvalue weighted by molar-refractivity contribution is 5.86. The monoisotopic (exact) mass is 195 g/mol. The molecule has 0 radical (unpaired) electrons. The summed E-state index contributed by atoms with van der Waals surface area (Å²) in [6.07, 6.45) is 6.66. The molecule has 0 unspecified atom stereocenters. The molecule has 0 aliphatic heterocycles. The van der Waals surface area contributed by atoms with Crippen LogP contribution in [0.15, 0.2) is 30.3 Å². The number of benzene rings is 1. The van der Waals surface area contributed by atoms with Gasteiger partial charge in [-0.3, -0.25) is 4.98 Å². The van der Waals surface area contributed by atoms with E-state index in [1.165, 1.54) is 22.2 Å². The SMILES string of the molecule is Cc1c2c(nc3ccccc13)CCC=C2. The zero-order valence-corrected chi connectivity index (χ0v) is 8.83. The summed E-state index contributed by atoms with van der Waals surface area (Å²) >= 11 is 0. The van der Waals surface area contributed by atoms with Gasteiger partial charge in [0.2, 0.25) is 0 Å². The fourth-order valence-electron chi connectivity index (χ4n) is 2.29. The Kier molecular flexibility index (Phi) is 1.84. The van der Waals surface area contributed by atoms with Crippen LogP contribution in [-0.4, -0.2) is 4.98 Å². The Balaban J connectivity index is 2.42. The van der Waals surface area contributed by atoms with Crippen LogP contribution in [0.1, 0.15) is 23.2 Å². The lowest BCUT2D eigenvalue weighted by Crippen LogP contribution is -2.01. The Bertz CT molecular complexity index is 553. The van der Waals surface area contributed by atoms with Crippen molar-refractivity contribution in [2.75, 3.05) is 0 Å². The van der Waals surface area contributed by atoms with Crippen molar-refractivity contribution >= 4 is 17.0 Å². The van der Waals surface area contributed by atoms with Crippen LogP contribution in [0, 0.1) is 6.92 Å². The van der Waals surface area contributed by atoms with Gasteiger partial charge in [-0.2, -0.15) is 0 Å². The molecule has 0 atom stereocenters. The summed E-state index contributed by atoms with van der Waals surface area (Å²) < 4.78 is 0. The topological polar surface area (TPSA) is 12.9 Å². The maximum absolute atomic E-state index is 4.73. The smallest absolute Gasteiger partial charge is 0.0708 e. The van der Waals surface area contributed by atoms with Gasteiger partial charge in [0, 0.05) is 11.1 Å². The molecule has 1 nitrogen and oxygen atoms in total. The number of allylic oxidation sites excluding steroid dienone is 1. The largest absolute Gasteiger partial charge is 0.252 e. The summed E-state index contributed by atoms with van der Waals surface area (Å²) in [5, 5.41) is 1.28. The Hall–Kier alpha value is -1.63. The predicted octanol–water partition coefficient (Wildman–Crippen LogP) is 3.50. The van der Waals surface area contributed by atoms with Gasteiger partial charge in [-0.1, -0.05) is 30.4 Å². The average Bonchev–Trinajstić information content (AvgIpc) is 2.30. The second kappa shape index (κ2) is 3.20. The first kappa shape index (κ1) is 8.66. The average molecular weight is 195 g/mol. The lowest BCUT2D eigenvalue weighted by Gasteiger charge is -2.14. The number of nitrogens with zero attached hydrogens (tertiary/aromatic N) is 1. The first-order chi connectivity index (χ1) is 7.36. The molecule has 0 amide bonds. The molecule has 3 rings (SSSR count). The van der Waals surface area contributed by atoms with Crippen molar-refractivity contribution < 1.29 is 0 Å². The molecular weight excluding hydrogens is 182 g/mol. The van der Waals surface area contributed by atoms with Gasteiger partial charge in [0.25, 0.3) is 0 Å². The second-order valence-corrected chi connectivity index (χ2v) is 4.06. The molecule has 74 valence electrons. The summed E-state index contributed by atoms with van der Waals surface area (Å²) in [5.74, 6) is 0. The van der Waals surface area contributed by atoms with Gasteiger partial charge in [0.1, 0.15) is 0 Å². The molecule has 0 fully saturated rings. The number of fused-ring (bicyclic) bond motifs is 2. The maximum atomic E-state index is 4.73. The van der Waals surface area contributed by atoms with E-state index in [0.717, 1.165) is 18.4 Å². The van der Waals surface area contributed by atoms with E-state index >= 15 is 0 Å². The number of para-hydroxylation sites is 1. The molecule has 1 aromatic heterocycles. The molecular formula is C14H13N. The minimum Gasteiger partial charge on any atom is -0.252 e. The van der Waals surface area contributed by atoms with E-state index < -0.39 is 0 Å². The Morgan fingerprint density at radius 2 is 2.07 bits per heavy atom. The highest BCUT2D eigenvalue weighted by atomic mass is 14.7. The van der Waals surface area contributed by atoms with Crippen LogP contribution in [0.3, 0.4) is 0 Å². The standard InChI is InChI=1S/C14H13N/c1-10-11-6-2-4-8-13(11)15-14-9-5-3-7-12(10)14/h2-4,6-8H,5,9H2,1H3. The summed E-state index contributed by atoms with van der Waals surface area (Å²) in [4.78, 5) is 4.73. The summed E-state index contributed by atoms with van der Waals surface area (Å²) in [6.45, 7) is 2.19. The van der Waals surface area contributed by atoms with Gasteiger partial charge < -0.3 is 0 Å². The molecule has 1 heteroatoms. The molecule has 1 aliphatic carbocycles. The molecule has 0 saturated carbocycles. The molecule has 2 aromatic rings. The third-order valence-electron chi connectivity index (χ3n) is 3.11. The van der Waals surface area contributed by atoms with Crippen molar-refractivity contribution in [1.82, 2.24) is 4.98 Å². The van der Waals surface area contributed by atoms with Gasteiger partial charge >= 0.3 is 0 Å². The normalized spacial score (nSPS) is 14.2. The van der Waals surface area contributed by atoms with E-state index in [-0.39, 0.29) is 0 Å². The molecule has 0 spiro atoms. The van der Waals surface area contributed by atoms with Crippen LogP contribution in [0.2, 0.25) is 0 Å². The van der Waals surface area contributed by atoms with Crippen molar-refractivity contribution in [3.05, 3.63) is 47.2 Å². The van der Waals surface area contributed by atoms with Gasteiger partial charge in [-0.25, -0.2) is 0 Å². The first-order valence-corrected chi connectivity index (χ1v) is 5.41. The van der Waals surface area contributed by atoms with Crippen molar-refractivity contribution in [2.24, 2.45) is 0 Å². The second-order valence-electron chi connectivity index (χ2n) is 4.06. The summed E-state index contributed by atoms with van der Waals surface area (Å²) in [6, 6.07) is 8.39. The van der Waals surface area contributed by atoms with Gasteiger partial charge in [-0.15, -0.1) is 0 Å². The lowest BCUT2D eigenvalue weighted by atomic mass is 9.95. The van der Waals surface area contributed by atoms with E-state index in [0.29, 0.717) is 0 Å². The minimum atomic E-state index is 1.08. The number of hydrogen-bond acceptors (Lipinski definition) is 1. The van der Waals surface area contributed by atoms with Crippen LogP contribution in [0.5, 0.6) is 0 Å². The molecule has 1 heterocycles. The van der Waals surface area contributed by atoms with E-state index in [9.17, 15) is 0 Å². The fourth-order valence-corrected chi connectivity index (χ4v) is 2.29. The Labute approximate surface area is 89.5 Å². The van der Waals surface area contributed by atoms with Gasteiger partial charge in [-0.05, 0) is 37.0 Å². The van der Waals surface area contributed by atoms with Crippen LogP contribution in [0.4, 0.5) is 0 Å². The van der Waals surface area contributed by atoms with Gasteiger partial charge in [0.15, 0.2) is 0 Å². The van der Waals surface area contributed by atoms with Crippen LogP contribution < -0.4 is 0 Å². The van der Waals surface area contributed by atoms with Crippen LogP contribution in [0.25, 0.3) is 17.0 Å². The van der Waals surface area contributed by atoms with Crippen molar-refractivity contribution in [2.45, 2.75) is 19.8 Å². The van der Waals surface area contributed by atoms with Crippen molar-refractivity contribution in [3.63, 3.8) is 0 Å². The van der Waals surface area contributed by atoms with E-state index in [1.54, 1.807) is 0 Å². The fraction of sp³-hybridized carbons (Fsp3) is 0.214. The van der Waals surface area contributed by atoms with Crippen LogP contribution >= 0.6 is 0 Å². The van der Waals surface area contributed by atoms with Gasteiger partial charge in [0.05, 0.1) is 5.52 Å². The molecule has 0 bridgehead atoms. The lowest BCUT2D eigenvalue weighted by molar-refractivity contribution is 0.934. The zero-order chi connectivity index (χ0) is 10.3. The predicted molar refractivity (Wildman–Crippen MR) is 63.8 cm³/mol. The van der Waals surface area contributed by atoms with E-state index in [2.05, 4.69) is 43.3 Å². The number of aryl methyl sites for hydroxylation is 2. The minimum absolute atomic E-state index is 1.08. The summed E-state index contributed by atoms with van der Waals surface area (Å²) in [7, 11) is 0. The number of pyridine rings is 1. The quantitative estimate of drug-likeness (QED) is 0.627. The third-order valence-corrected chi connectivity index (χ3v) is 3.11. The Morgan fingerprint density at radius 3 is 3.00 bits per heavy atom. The summed E-state index contributed by atoms with van der Waals surface area (Å²) in [5.41, 5.74) is 5.09. The first-order valence-electron chi connectivity index (χ1n) is 5.41. The van der Waals surface area contributed by atoms with Crippen molar-refractivity contribution in [3.8, 4) is 0 Å². The number of hydrogen-bond donors (Lipinski definition) is 0. The highest BCUT2D eigenvalue weighted by Crippen LogP contribution is 2.27. The Morgan fingerprint density at radius 1 is 1.20 bits per heavy atom. The maximum Gasteiger partial charge on any atom is 0.0708 e. The molecule has 15 heavy (non-hydrogen) atoms. The van der Waals surface area contributed by atoms with Crippen LogP contribution in [-0.2, 0) is 6.42 Å². The third kappa shape index (κ3) is 1.27. The highest BCUT2D eigenvalue weighted by Gasteiger charge is 2.11. The van der Waals surface area contributed by atoms with E-state index in [4.69, 9.17) is 4.98 Å². The molecule has 0 N–H and O–H groups in total. The number of aromatic nitrogens is 1. The molecule has 0 saturated heterocycles. The number of rotatable bonds is 0. The van der Waals surface area contributed by atoms with Crippen molar-refractivity contribution in [1.29, 1.82) is 0 Å².